The molecule has 0 N–H and O–H groups in total. The Hall–Kier alpha value is -1.82. The summed E-state index contributed by atoms with van der Waals surface area (Å²) in [5.74, 6) is -2.18. The maximum atomic E-state index is 12.9. The van der Waals surface area contributed by atoms with Gasteiger partial charge in [0.1, 0.15) is 5.82 Å². The van der Waals surface area contributed by atoms with Gasteiger partial charge in [-0.05, 0) is 37.6 Å². The lowest BCUT2D eigenvalue weighted by Crippen LogP contribution is -2.30. The Morgan fingerprint density at radius 1 is 1.45 bits per heavy atom. The van der Waals surface area contributed by atoms with Gasteiger partial charge in [0, 0.05) is 0 Å². The van der Waals surface area contributed by atoms with Crippen molar-refractivity contribution in [3.8, 4) is 0 Å². The Kier molecular flexibility index (Phi) is 6.24. The summed E-state index contributed by atoms with van der Waals surface area (Å²) in [6.45, 7) is 3.37. The van der Waals surface area contributed by atoms with Crippen molar-refractivity contribution in [2.45, 2.75) is 19.9 Å². The first-order valence-electron chi connectivity index (χ1n) is 5.92. The molecule has 0 aliphatic heterocycles. The van der Waals surface area contributed by atoms with Crippen molar-refractivity contribution < 1.29 is 18.7 Å². The molecule has 0 saturated carbocycles. The van der Waals surface area contributed by atoms with E-state index < -0.39 is 23.6 Å². The molecule has 1 atom stereocenters. The van der Waals surface area contributed by atoms with Crippen LogP contribution >= 0.6 is 11.6 Å². The highest BCUT2D eigenvalue weighted by Gasteiger charge is 2.27. The largest absolute Gasteiger partial charge is 0.464 e. The van der Waals surface area contributed by atoms with Gasteiger partial charge in [0.05, 0.1) is 18.2 Å². The summed E-state index contributed by atoms with van der Waals surface area (Å²) in [4.78, 5) is 23.1. The molecule has 1 rings (SSSR count). The number of halogens is 2. The van der Waals surface area contributed by atoms with Gasteiger partial charge in [0.25, 0.3) is 0 Å². The molecular formula is C13H14ClFN2O3. The van der Waals surface area contributed by atoms with Gasteiger partial charge >= 0.3 is 5.97 Å². The first kappa shape index (κ1) is 16.2. The van der Waals surface area contributed by atoms with Gasteiger partial charge in [-0.3, -0.25) is 4.79 Å². The fraction of sp³-hybridized carbons (Fsp3) is 0.385. The number of alkyl halides is 1. The molecule has 0 fully saturated rings. The van der Waals surface area contributed by atoms with Crippen molar-refractivity contribution in [1.29, 1.82) is 0 Å². The smallest absolute Gasteiger partial charge is 0.340 e. The van der Waals surface area contributed by atoms with Gasteiger partial charge in [-0.2, -0.15) is 10.2 Å². The molecule has 1 aromatic rings. The van der Waals surface area contributed by atoms with Crippen LogP contribution in [0.15, 0.2) is 28.4 Å². The van der Waals surface area contributed by atoms with Crippen LogP contribution in [0.1, 0.15) is 12.5 Å². The minimum Gasteiger partial charge on any atom is -0.464 e. The third-order valence-corrected chi connectivity index (χ3v) is 2.65. The minimum absolute atomic E-state index is 0.121. The van der Waals surface area contributed by atoms with E-state index in [1.165, 1.54) is 18.2 Å². The molecular weight excluding hydrogens is 287 g/mol. The molecule has 0 bridgehead atoms. The number of hydrogen-bond acceptors (Lipinski definition) is 5. The Bertz CT molecular complexity index is 534. The highest BCUT2D eigenvalue weighted by atomic mass is 35.5. The van der Waals surface area contributed by atoms with Gasteiger partial charge in [-0.1, -0.05) is 0 Å². The number of esters is 1. The second kappa shape index (κ2) is 7.69. The summed E-state index contributed by atoms with van der Waals surface area (Å²) in [5.41, 5.74) is 0.901. The quantitative estimate of drug-likeness (QED) is 0.351. The van der Waals surface area contributed by atoms with E-state index in [1.54, 1.807) is 13.8 Å². The summed E-state index contributed by atoms with van der Waals surface area (Å²) in [6, 6.07) is 2.50. The number of nitrogens with zero attached hydrogens (tertiary/aromatic N) is 2. The number of ether oxygens (including phenoxy) is 1. The van der Waals surface area contributed by atoms with Gasteiger partial charge in [0.2, 0.25) is 6.04 Å². The summed E-state index contributed by atoms with van der Waals surface area (Å²) < 4.78 is 17.7. The Morgan fingerprint density at radius 3 is 2.70 bits per heavy atom. The lowest BCUT2D eigenvalue weighted by Gasteiger charge is -2.07. The van der Waals surface area contributed by atoms with E-state index in [4.69, 9.17) is 16.3 Å². The van der Waals surface area contributed by atoms with E-state index in [0.29, 0.717) is 11.3 Å². The average molecular weight is 301 g/mol. The van der Waals surface area contributed by atoms with Crippen molar-refractivity contribution in [1.82, 2.24) is 0 Å². The average Bonchev–Trinajstić information content (AvgIpc) is 2.41. The molecule has 20 heavy (non-hydrogen) atoms. The van der Waals surface area contributed by atoms with Crippen LogP contribution in [0.2, 0.25) is 0 Å². The summed E-state index contributed by atoms with van der Waals surface area (Å²) >= 11 is 5.42. The molecule has 0 radical (unpaired) electrons. The highest BCUT2D eigenvalue weighted by Crippen LogP contribution is 2.20. The van der Waals surface area contributed by atoms with Crippen molar-refractivity contribution in [3.05, 3.63) is 29.6 Å². The molecule has 0 spiro atoms. The van der Waals surface area contributed by atoms with E-state index in [-0.39, 0.29) is 12.5 Å². The Labute approximate surface area is 120 Å². The van der Waals surface area contributed by atoms with Crippen LogP contribution in [0.4, 0.5) is 10.1 Å². The molecule has 0 amide bonds. The maximum Gasteiger partial charge on any atom is 0.340 e. The number of rotatable bonds is 6. The number of azo groups is 1. The Morgan fingerprint density at radius 2 is 2.15 bits per heavy atom. The molecule has 108 valence electrons. The molecule has 0 aliphatic rings. The zero-order valence-corrected chi connectivity index (χ0v) is 11.9. The molecule has 5 nitrogen and oxygen atoms in total. The molecule has 0 aromatic heterocycles. The molecule has 0 heterocycles. The molecule has 1 aromatic carbocycles. The standard InChI is InChI=1S/C13H14ClFN2O3/c1-3-20-13(19)12(11(18)7-14)17-16-10-5-4-9(15)6-8(10)2/h4-6,12H,3,7H2,1-2H3/b17-16+. The SMILES string of the molecule is CCOC(=O)C(/N=N/c1ccc(F)cc1C)C(=O)CCl. The normalized spacial score (nSPS) is 12.4. The minimum atomic E-state index is -1.39. The first-order chi connectivity index (χ1) is 9.49. The number of carbonyl (C=O) groups excluding carboxylic acids is 2. The van der Waals surface area contributed by atoms with Gasteiger partial charge in [0.15, 0.2) is 5.78 Å². The molecule has 0 aliphatic carbocycles. The van der Waals surface area contributed by atoms with Crippen LogP contribution in [0.5, 0.6) is 0 Å². The second-order valence-electron chi connectivity index (χ2n) is 3.90. The molecule has 0 saturated heterocycles. The number of Topliss-reactive ketones (excluding diaryl/α,β-unsaturated/α-hetero) is 1. The molecule has 1 unspecified atom stereocenters. The van der Waals surface area contributed by atoms with Crippen molar-refractivity contribution in [2.24, 2.45) is 10.2 Å². The number of aryl methyl sites for hydroxylation is 1. The van der Waals surface area contributed by atoms with Gasteiger partial charge < -0.3 is 4.74 Å². The van der Waals surface area contributed by atoms with E-state index in [0.717, 1.165) is 0 Å². The number of carbonyl (C=O) groups is 2. The van der Waals surface area contributed by atoms with E-state index in [9.17, 15) is 14.0 Å². The fourth-order valence-electron chi connectivity index (χ4n) is 1.39. The summed E-state index contributed by atoms with van der Waals surface area (Å²) in [6.07, 6.45) is 0. The van der Waals surface area contributed by atoms with Crippen LogP contribution in [0.3, 0.4) is 0 Å². The zero-order valence-electron chi connectivity index (χ0n) is 11.1. The van der Waals surface area contributed by atoms with Crippen molar-refractivity contribution in [2.75, 3.05) is 12.5 Å². The van der Waals surface area contributed by atoms with Gasteiger partial charge in [-0.25, -0.2) is 9.18 Å². The zero-order chi connectivity index (χ0) is 15.1. The van der Waals surface area contributed by atoms with Gasteiger partial charge in [-0.15, -0.1) is 11.6 Å². The number of benzene rings is 1. The maximum absolute atomic E-state index is 12.9. The van der Waals surface area contributed by atoms with Crippen LogP contribution in [0, 0.1) is 12.7 Å². The van der Waals surface area contributed by atoms with E-state index in [2.05, 4.69) is 10.2 Å². The fourth-order valence-corrected chi connectivity index (χ4v) is 1.53. The summed E-state index contributed by atoms with van der Waals surface area (Å²) in [5, 5.41) is 7.47. The third-order valence-electron chi connectivity index (χ3n) is 2.39. The predicted octanol–water partition coefficient (Wildman–Crippen LogP) is 2.96. The monoisotopic (exact) mass is 300 g/mol. The number of hydrogen-bond donors (Lipinski definition) is 0. The lowest BCUT2D eigenvalue weighted by molar-refractivity contribution is -0.147. The molecule has 7 heteroatoms. The highest BCUT2D eigenvalue weighted by molar-refractivity contribution is 6.30. The van der Waals surface area contributed by atoms with E-state index in [1.807, 2.05) is 0 Å². The van der Waals surface area contributed by atoms with E-state index >= 15 is 0 Å². The van der Waals surface area contributed by atoms with Crippen LogP contribution < -0.4 is 0 Å². The van der Waals surface area contributed by atoms with Crippen molar-refractivity contribution >= 4 is 29.0 Å². The first-order valence-corrected chi connectivity index (χ1v) is 6.45. The van der Waals surface area contributed by atoms with Crippen LogP contribution in [0.25, 0.3) is 0 Å². The topological polar surface area (TPSA) is 68.1 Å². The predicted molar refractivity (Wildman–Crippen MR) is 71.8 cm³/mol. The Balaban J connectivity index is 2.96. The second-order valence-corrected chi connectivity index (χ2v) is 4.17. The lowest BCUT2D eigenvalue weighted by atomic mass is 10.2. The van der Waals surface area contributed by atoms with Crippen molar-refractivity contribution in [3.63, 3.8) is 0 Å². The summed E-state index contributed by atoms with van der Waals surface area (Å²) in [7, 11) is 0. The van der Waals surface area contributed by atoms with Crippen LogP contribution in [-0.2, 0) is 14.3 Å². The van der Waals surface area contributed by atoms with Crippen LogP contribution in [-0.4, -0.2) is 30.3 Å². The number of ketones is 1. The third kappa shape index (κ3) is 4.38.